The second kappa shape index (κ2) is 6.45. The summed E-state index contributed by atoms with van der Waals surface area (Å²) in [7, 11) is 1.59. The van der Waals surface area contributed by atoms with E-state index >= 15 is 0 Å². The molecule has 1 fully saturated rings. The number of aryl methyl sites for hydroxylation is 1. The van der Waals surface area contributed by atoms with Gasteiger partial charge in [-0.15, -0.1) is 10.2 Å². The van der Waals surface area contributed by atoms with Crippen molar-refractivity contribution in [1.82, 2.24) is 15.5 Å². The quantitative estimate of drug-likeness (QED) is 0.797. The molecular formula is C15H18ClN3O2. The predicted octanol–water partition coefficient (Wildman–Crippen LogP) is 3.08. The molecule has 1 heterocycles. The van der Waals surface area contributed by atoms with Crippen molar-refractivity contribution in [1.29, 1.82) is 0 Å². The average Bonchev–Trinajstić information content (AvgIpc) is 3.20. The molecule has 1 aliphatic rings. The number of benzene rings is 1. The van der Waals surface area contributed by atoms with Gasteiger partial charge in [0.2, 0.25) is 5.89 Å². The van der Waals surface area contributed by atoms with E-state index in [2.05, 4.69) is 15.5 Å². The van der Waals surface area contributed by atoms with Gasteiger partial charge in [-0.1, -0.05) is 11.6 Å². The van der Waals surface area contributed by atoms with E-state index in [0.717, 1.165) is 31.0 Å². The van der Waals surface area contributed by atoms with Gasteiger partial charge in [0.15, 0.2) is 0 Å². The summed E-state index contributed by atoms with van der Waals surface area (Å²) in [6, 6.07) is 6.08. The number of nitrogens with zero attached hydrogens (tertiary/aromatic N) is 2. The van der Waals surface area contributed by atoms with Crippen LogP contribution >= 0.6 is 11.6 Å². The van der Waals surface area contributed by atoms with Crippen LogP contribution in [0.1, 0.15) is 25.2 Å². The Kier molecular flexibility index (Phi) is 4.41. The maximum atomic E-state index is 5.95. The van der Waals surface area contributed by atoms with Crippen molar-refractivity contribution in [2.45, 2.75) is 31.7 Å². The van der Waals surface area contributed by atoms with Crippen LogP contribution in [0.15, 0.2) is 22.6 Å². The molecule has 3 rings (SSSR count). The normalized spacial score (nSPS) is 14.4. The Morgan fingerprint density at radius 2 is 2.24 bits per heavy atom. The number of rotatable bonds is 7. The molecule has 1 saturated carbocycles. The number of ether oxygens (including phenoxy) is 1. The molecule has 2 aromatic rings. The zero-order chi connectivity index (χ0) is 14.7. The summed E-state index contributed by atoms with van der Waals surface area (Å²) in [5.41, 5.74) is 0.761. The molecule has 0 spiro atoms. The Morgan fingerprint density at radius 3 is 3.00 bits per heavy atom. The average molecular weight is 308 g/mol. The summed E-state index contributed by atoms with van der Waals surface area (Å²) in [4.78, 5) is 0. The summed E-state index contributed by atoms with van der Waals surface area (Å²) in [5, 5.41) is 12.3. The zero-order valence-corrected chi connectivity index (χ0v) is 12.7. The molecule has 0 bridgehead atoms. The molecule has 1 aromatic carbocycles. The van der Waals surface area contributed by atoms with Gasteiger partial charge in [-0.2, -0.15) is 0 Å². The first-order valence-electron chi connectivity index (χ1n) is 7.16. The highest BCUT2D eigenvalue weighted by atomic mass is 35.5. The van der Waals surface area contributed by atoms with Crippen LogP contribution in [-0.4, -0.2) is 29.9 Å². The molecule has 0 radical (unpaired) electrons. The molecule has 1 aliphatic carbocycles. The maximum absolute atomic E-state index is 5.95. The highest BCUT2D eigenvalue weighted by Gasteiger charge is 2.19. The van der Waals surface area contributed by atoms with E-state index in [1.807, 2.05) is 6.07 Å². The fourth-order valence-electron chi connectivity index (χ4n) is 2.14. The van der Waals surface area contributed by atoms with Crippen LogP contribution in [-0.2, 0) is 6.42 Å². The van der Waals surface area contributed by atoms with Gasteiger partial charge in [-0.05, 0) is 44.0 Å². The van der Waals surface area contributed by atoms with Gasteiger partial charge in [0.05, 0.1) is 12.7 Å². The first-order valence-corrected chi connectivity index (χ1v) is 7.54. The standard InChI is InChI=1S/C15H18ClN3O2/c1-20-13-9-10(16)4-7-12(13)15-19-18-14(21-15)3-2-8-17-11-5-6-11/h4,7,9,11,17H,2-3,5-6,8H2,1H3. The third-order valence-corrected chi connectivity index (χ3v) is 3.67. The van der Waals surface area contributed by atoms with E-state index in [1.165, 1.54) is 12.8 Å². The summed E-state index contributed by atoms with van der Waals surface area (Å²) in [6.07, 6.45) is 4.39. The van der Waals surface area contributed by atoms with Crippen LogP contribution in [0.3, 0.4) is 0 Å². The lowest BCUT2D eigenvalue weighted by atomic mass is 10.2. The molecule has 0 saturated heterocycles. The van der Waals surface area contributed by atoms with Crippen LogP contribution in [0.4, 0.5) is 0 Å². The molecule has 0 aliphatic heterocycles. The van der Waals surface area contributed by atoms with Crippen LogP contribution < -0.4 is 10.1 Å². The Balaban J connectivity index is 1.63. The van der Waals surface area contributed by atoms with Crippen LogP contribution in [0, 0.1) is 0 Å². The lowest BCUT2D eigenvalue weighted by Crippen LogP contribution is -2.17. The number of methoxy groups -OCH3 is 1. The molecule has 1 N–H and O–H groups in total. The smallest absolute Gasteiger partial charge is 0.251 e. The number of hydrogen-bond acceptors (Lipinski definition) is 5. The van der Waals surface area contributed by atoms with Gasteiger partial charge in [0.25, 0.3) is 5.89 Å². The van der Waals surface area contributed by atoms with E-state index in [4.69, 9.17) is 20.8 Å². The van der Waals surface area contributed by atoms with Crippen LogP contribution in [0.5, 0.6) is 5.75 Å². The largest absolute Gasteiger partial charge is 0.496 e. The molecule has 0 unspecified atom stereocenters. The summed E-state index contributed by atoms with van der Waals surface area (Å²) < 4.78 is 11.0. The van der Waals surface area contributed by atoms with E-state index in [-0.39, 0.29) is 0 Å². The van der Waals surface area contributed by atoms with Crippen molar-refractivity contribution < 1.29 is 9.15 Å². The van der Waals surface area contributed by atoms with Crippen molar-refractivity contribution in [3.05, 3.63) is 29.1 Å². The highest BCUT2D eigenvalue weighted by Crippen LogP contribution is 2.31. The predicted molar refractivity (Wildman–Crippen MR) is 80.6 cm³/mol. The molecule has 1 aromatic heterocycles. The molecule has 0 atom stereocenters. The summed E-state index contributed by atoms with van der Waals surface area (Å²) >= 11 is 5.95. The fourth-order valence-corrected chi connectivity index (χ4v) is 2.30. The third-order valence-electron chi connectivity index (χ3n) is 3.44. The minimum Gasteiger partial charge on any atom is -0.496 e. The second-order valence-corrected chi connectivity index (χ2v) is 5.61. The Labute approximate surface area is 128 Å². The first-order chi connectivity index (χ1) is 10.3. The Hall–Kier alpha value is -1.59. The van der Waals surface area contributed by atoms with Crippen molar-refractivity contribution in [3.63, 3.8) is 0 Å². The van der Waals surface area contributed by atoms with Crippen molar-refractivity contribution in [3.8, 4) is 17.2 Å². The van der Waals surface area contributed by atoms with Crippen molar-refractivity contribution >= 4 is 11.6 Å². The van der Waals surface area contributed by atoms with Gasteiger partial charge in [-0.25, -0.2) is 0 Å². The van der Waals surface area contributed by atoms with E-state index < -0.39 is 0 Å². The minimum absolute atomic E-state index is 0.466. The molecule has 21 heavy (non-hydrogen) atoms. The van der Waals surface area contributed by atoms with Gasteiger partial charge in [-0.3, -0.25) is 0 Å². The van der Waals surface area contributed by atoms with Gasteiger partial charge in [0, 0.05) is 17.5 Å². The minimum atomic E-state index is 0.466. The van der Waals surface area contributed by atoms with E-state index in [0.29, 0.717) is 22.6 Å². The number of halogens is 1. The number of aromatic nitrogens is 2. The third kappa shape index (κ3) is 3.74. The zero-order valence-electron chi connectivity index (χ0n) is 11.9. The first kappa shape index (κ1) is 14.4. The highest BCUT2D eigenvalue weighted by molar-refractivity contribution is 6.30. The topological polar surface area (TPSA) is 60.2 Å². The van der Waals surface area contributed by atoms with E-state index in [1.54, 1.807) is 19.2 Å². The fraction of sp³-hybridized carbons (Fsp3) is 0.467. The monoisotopic (exact) mass is 307 g/mol. The van der Waals surface area contributed by atoms with E-state index in [9.17, 15) is 0 Å². The number of nitrogens with one attached hydrogen (secondary N) is 1. The molecule has 6 heteroatoms. The molecular weight excluding hydrogens is 290 g/mol. The SMILES string of the molecule is COc1cc(Cl)ccc1-c1nnc(CCCNC2CC2)o1. The molecule has 5 nitrogen and oxygen atoms in total. The summed E-state index contributed by atoms with van der Waals surface area (Å²) in [6.45, 7) is 0.993. The Bertz CT molecular complexity index is 611. The maximum Gasteiger partial charge on any atom is 0.251 e. The van der Waals surface area contributed by atoms with Gasteiger partial charge in [0.1, 0.15) is 5.75 Å². The van der Waals surface area contributed by atoms with Crippen LogP contribution in [0.2, 0.25) is 5.02 Å². The van der Waals surface area contributed by atoms with Crippen molar-refractivity contribution in [2.75, 3.05) is 13.7 Å². The summed E-state index contributed by atoms with van der Waals surface area (Å²) in [5.74, 6) is 1.75. The second-order valence-electron chi connectivity index (χ2n) is 5.18. The Morgan fingerprint density at radius 1 is 1.38 bits per heavy atom. The van der Waals surface area contributed by atoms with Gasteiger partial charge >= 0.3 is 0 Å². The van der Waals surface area contributed by atoms with Gasteiger partial charge < -0.3 is 14.5 Å². The van der Waals surface area contributed by atoms with Crippen LogP contribution in [0.25, 0.3) is 11.5 Å². The van der Waals surface area contributed by atoms with Crippen molar-refractivity contribution in [2.24, 2.45) is 0 Å². The lowest BCUT2D eigenvalue weighted by molar-refractivity contribution is 0.413. The number of hydrogen-bond donors (Lipinski definition) is 1. The molecule has 112 valence electrons. The molecule has 0 amide bonds. The lowest BCUT2D eigenvalue weighted by Gasteiger charge is -2.04.